The molecule has 0 aliphatic heterocycles. The molecule has 1 aliphatic carbocycles. The number of rotatable bonds is 4. The molecule has 3 N–H and O–H groups in total. The van der Waals surface area contributed by atoms with Crippen molar-refractivity contribution in [3.05, 3.63) is 64.2 Å². The van der Waals surface area contributed by atoms with Gasteiger partial charge in [-0.05, 0) is 55.2 Å². The van der Waals surface area contributed by atoms with Crippen LogP contribution in [0.25, 0.3) is 0 Å². The van der Waals surface area contributed by atoms with E-state index in [0.717, 1.165) is 23.4 Å². The van der Waals surface area contributed by atoms with E-state index in [1.54, 1.807) is 6.07 Å². The molecule has 0 atom stereocenters. The number of halogens is 2. The van der Waals surface area contributed by atoms with E-state index in [9.17, 15) is 4.79 Å². The maximum absolute atomic E-state index is 12.5. The van der Waals surface area contributed by atoms with Crippen LogP contribution in [0.1, 0.15) is 40.7 Å². The van der Waals surface area contributed by atoms with Crippen LogP contribution in [0, 0.1) is 6.92 Å². The summed E-state index contributed by atoms with van der Waals surface area (Å²) in [6, 6.07) is 13.4. The number of hydrogen-bond acceptors (Lipinski definition) is 2. The summed E-state index contributed by atoms with van der Waals surface area (Å²) < 4.78 is 0. The molecule has 0 heterocycles. The Kier molecular flexibility index (Phi) is 5.79. The van der Waals surface area contributed by atoms with Gasteiger partial charge in [-0.25, -0.2) is 0 Å². The monoisotopic (exact) mass is 364 g/mol. The number of anilines is 1. The molecular formula is C19H22Cl2N2O. The molecule has 24 heavy (non-hydrogen) atoms. The van der Waals surface area contributed by atoms with Crippen LogP contribution in [-0.2, 0) is 5.41 Å². The molecular weight excluding hydrogens is 343 g/mol. The molecule has 3 nitrogen and oxygen atoms in total. The van der Waals surface area contributed by atoms with E-state index in [1.807, 2.05) is 31.2 Å². The molecule has 0 unspecified atom stereocenters. The maximum Gasteiger partial charge on any atom is 0.251 e. The van der Waals surface area contributed by atoms with Gasteiger partial charge in [0, 0.05) is 28.2 Å². The number of nitrogens with two attached hydrogens (primary N) is 1. The topological polar surface area (TPSA) is 55.1 Å². The van der Waals surface area contributed by atoms with Gasteiger partial charge in [-0.2, -0.15) is 0 Å². The standard InChI is InChI=1S/C19H21ClN2O.ClH/c1-13-3-8-16(21)11-17(13)18(23)22-12-19(9-2-10-19)14-4-6-15(20)7-5-14;/h3-8,11H,2,9-10,12,21H2,1H3,(H,22,23);1H. The molecule has 0 bridgehead atoms. The Morgan fingerprint density at radius 3 is 2.46 bits per heavy atom. The van der Waals surface area contributed by atoms with E-state index in [1.165, 1.54) is 12.0 Å². The van der Waals surface area contributed by atoms with Gasteiger partial charge in [0.25, 0.3) is 5.91 Å². The minimum Gasteiger partial charge on any atom is -0.399 e. The van der Waals surface area contributed by atoms with Crippen molar-refractivity contribution in [1.82, 2.24) is 5.32 Å². The summed E-state index contributed by atoms with van der Waals surface area (Å²) >= 11 is 5.98. The van der Waals surface area contributed by atoms with E-state index in [0.29, 0.717) is 17.8 Å². The minimum absolute atomic E-state index is 0. The highest BCUT2D eigenvalue weighted by atomic mass is 35.5. The van der Waals surface area contributed by atoms with Crippen LogP contribution >= 0.6 is 24.0 Å². The summed E-state index contributed by atoms with van der Waals surface area (Å²) in [6.07, 6.45) is 3.37. The first kappa shape index (κ1) is 18.6. The number of amides is 1. The van der Waals surface area contributed by atoms with Crippen molar-refractivity contribution in [3.8, 4) is 0 Å². The van der Waals surface area contributed by atoms with Crippen molar-refractivity contribution in [2.75, 3.05) is 12.3 Å². The largest absolute Gasteiger partial charge is 0.399 e. The van der Waals surface area contributed by atoms with Gasteiger partial charge in [-0.15, -0.1) is 12.4 Å². The van der Waals surface area contributed by atoms with Crippen molar-refractivity contribution in [2.45, 2.75) is 31.6 Å². The third kappa shape index (κ3) is 3.68. The molecule has 128 valence electrons. The number of benzene rings is 2. The molecule has 1 saturated carbocycles. The van der Waals surface area contributed by atoms with Gasteiger partial charge in [0.05, 0.1) is 0 Å². The Balaban J connectivity index is 0.00000208. The highest BCUT2D eigenvalue weighted by molar-refractivity contribution is 6.30. The Bertz CT molecular complexity index is 725. The van der Waals surface area contributed by atoms with Crippen LogP contribution < -0.4 is 11.1 Å². The molecule has 1 amide bonds. The van der Waals surface area contributed by atoms with Crippen molar-refractivity contribution in [3.63, 3.8) is 0 Å². The molecule has 2 aromatic rings. The third-order valence-corrected chi connectivity index (χ3v) is 5.11. The lowest BCUT2D eigenvalue weighted by molar-refractivity contribution is 0.0927. The molecule has 0 radical (unpaired) electrons. The first-order valence-corrected chi connectivity index (χ1v) is 8.28. The predicted octanol–water partition coefficient (Wildman–Crippen LogP) is 4.50. The fourth-order valence-corrected chi connectivity index (χ4v) is 3.33. The second-order valence-corrected chi connectivity index (χ2v) is 6.83. The lowest BCUT2D eigenvalue weighted by Crippen LogP contribution is -2.45. The van der Waals surface area contributed by atoms with Gasteiger partial charge >= 0.3 is 0 Å². The zero-order valence-electron chi connectivity index (χ0n) is 13.6. The zero-order valence-corrected chi connectivity index (χ0v) is 15.2. The van der Waals surface area contributed by atoms with Crippen LogP contribution in [0.2, 0.25) is 5.02 Å². The molecule has 0 spiro atoms. The number of nitrogen functional groups attached to an aromatic ring is 1. The highest BCUT2D eigenvalue weighted by Crippen LogP contribution is 2.43. The third-order valence-electron chi connectivity index (χ3n) is 4.86. The van der Waals surface area contributed by atoms with Crippen LogP contribution in [0.4, 0.5) is 5.69 Å². The first-order valence-electron chi connectivity index (χ1n) is 7.91. The lowest BCUT2D eigenvalue weighted by Gasteiger charge is -2.42. The molecule has 1 aliphatic rings. The molecule has 5 heteroatoms. The number of aryl methyl sites for hydroxylation is 1. The predicted molar refractivity (Wildman–Crippen MR) is 102 cm³/mol. The number of carbonyl (C=O) groups is 1. The van der Waals surface area contributed by atoms with E-state index in [-0.39, 0.29) is 23.7 Å². The fraction of sp³-hybridized carbons (Fsp3) is 0.316. The van der Waals surface area contributed by atoms with Crippen molar-refractivity contribution in [1.29, 1.82) is 0 Å². The van der Waals surface area contributed by atoms with Crippen molar-refractivity contribution in [2.24, 2.45) is 0 Å². The molecule has 1 fully saturated rings. The van der Waals surface area contributed by atoms with Crippen LogP contribution in [0.15, 0.2) is 42.5 Å². The summed E-state index contributed by atoms with van der Waals surface area (Å²) in [5.74, 6) is -0.0601. The van der Waals surface area contributed by atoms with Gasteiger partial charge in [0.15, 0.2) is 0 Å². The summed E-state index contributed by atoms with van der Waals surface area (Å²) in [7, 11) is 0. The number of nitrogens with one attached hydrogen (secondary N) is 1. The van der Waals surface area contributed by atoms with Gasteiger partial charge in [0.2, 0.25) is 0 Å². The van der Waals surface area contributed by atoms with Crippen molar-refractivity contribution < 1.29 is 4.79 Å². The second kappa shape index (κ2) is 7.45. The van der Waals surface area contributed by atoms with Crippen molar-refractivity contribution >= 4 is 35.6 Å². The average molecular weight is 365 g/mol. The number of hydrogen-bond donors (Lipinski definition) is 2. The normalized spacial score (nSPS) is 15.1. The molecule has 2 aromatic carbocycles. The average Bonchev–Trinajstić information content (AvgIpc) is 2.50. The lowest BCUT2D eigenvalue weighted by atomic mass is 9.64. The Hall–Kier alpha value is -1.71. The summed E-state index contributed by atoms with van der Waals surface area (Å²) in [5.41, 5.74) is 9.27. The van der Waals surface area contributed by atoms with Gasteiger partial charge in [-0.1, -0.05) is 36.2 Å². The Morgan fingerprint density at radius 1 is 1.21 bits per heavy atom. The molecule has 0 saturated heterocycles. The van der Waals surface area contributed by atoms with Crippen LogP contribution in [0.5, 0.6) is 0 Å². The number of carbonyl (C=O) groups excluding carboxylic acids is 1. The SMILES string of the molecule is Cc1ccc(N)cc1C(=O)NCC1(c2ccc(Cl)cc2)CCC1.Cl. The smallest absolute Gasteiger partial charge is 0.251 e. The van der Waals surface area contributed by atoms with E-state index >= 15 is 0 Å². The second-order valence-electron chi connectivity index (χ2n) is 6.40. The quantitative estimate of drug-likeness (QED) is 0.784. The maximum atomic E-state index is 12.5. The zero-order chi connectivity index (χ0) is 16.4. The fourth-order valence-electron chi connectivity index (χ4n) is 3.20. The van der Waals surface area contributed by atoms with Crippen LogP contribution in [-0.4, -0.2) is 12.5 Å². The molecule has 0 aromatic heterocycles. The van der Waals surface area contributed by atoms with E-state index < -0.39 is 0 Å². The minimum atomic E-state index is -0.0601. The summed E-state index contributed by atoms with van der Waals surface area (Å²) in [6.45, 7) is 2.56. The van der Waals surface area contributed by atoms with E-state index in [4.69, 9.17) is 17.3 Å². The highest BCUT2D eigenvalue weighted by Gasteiger charge is 2.38. The first-order chi connectivity index (χ1) is 11.0. The Labute approximate surface area is 154 Å². The molecule has 3 rings (SSSR count). The summed E-state index contributed by atoms with van der Waals surface area (Å²) in [5, 5.41) is 3.83. The summed E-state index contributed by atoms with van der Waals surface area (Å²) in [4.78, 5) is 12.5. The Morgan fingerprint density at radius 2 is 1.88 bits per heavy atom. The van der Waals surface area contributed by atoms with Gasteiger partial charge < -0.3 is 11.1 Å². The van der Waals surface area contributed by atoms with Crippen LogP contribution in [0.3, 0.4) is 0 Å². The van der Waals surface area contributed by atoms with E-state index in [2.05, 4.69) is 17.4 Å². The van der Waals surface area contributed by atoms with Gasteiger partial charge in [0.1, 0.15) is 0 Å². The van der Waals surface area contributed by atoms with Gasteiger partial charge in [-0.3, -0.25) is 4.79 Å².